The minimum atomic E-state index is -1.30. The zero-order valence-electron chi connectivity index (χ0n) is 19.9. The number of hydrogen-bond acceptors (Lipinski definition) is 5. The number of Topliss-reactive ketones (excluding diaryl/α,β-unsaturated/α-hetero) is 3. The lowest BCUT2D eigenvalue weighted by Crippen LogP contribution is -2.56. The fourth-order valence-electron chi connectivity index (χ4n) is 6.84. The molecule has 31 heavy (non-hydrogen) atoms. The summed E-state index contributed by atoms with van der Waals surface area (Å²) in [6, 6.07) is 0. The van der Waals surface area contributed by atoms with Crippen LogP contribution in [0.1, 0.15) is 80.6 Å². The first-order valence-corrected chi connectivity index (χ1v) is 11.6. The summed E-state index contributed by atoms with van der Waals surface area (Å²) in [6.45, 7) is 13.0. The van der Waals surface area contributed by atoms with Crippen molar-refractivity contribution in [3.05, 3.63) is 23.0 Å². The fourth-order valence-corrected chi connectivity index (χ4v) is 6.84. The lowest BCUT2D eigenvalue weighted by atomic mass is 9.51. The van der Waals surface area contributed by atoms with Gasteiger partial charge in [-0.3, -0.25) is 14.4 Å². The number of ketones is 3. The van der Waals surface area contributed by atoms with E-state index in [4.69, 9.17) is 4.74 Å². The Morgan fingerprint density at radius 2 is 1.84 bits per heavy atom. The van der Waals surface area contributed by atoms with E-state index in [1.807, 2.05) is 33.8 Å². The van der Waals surface area contributed by atoms with Crippen LogP contribution in [-0.2, 0) is 19.1 Å². The zero-order valence-corrected chi connectivity index (χ0v) is 19.9. The first kappa shape index (κ1) is 22.4. The van der Waals surface area contributed by atoms with E-state index in [2.05, 4.69) is 0 Å². The Morgan fingerprint density at radius 1 is 1.19 bits per heavy atom. The van der Waals surface area contributed by atoms with Crippen molar-refractivity contribution in [2.24, 2.45) is 28.6 Å². The van der Waals surface area contributed by atoms with Crippen molar-refractivity contribution in [1.29, 1.82) is 0 Å². The maximum Gasteiger partial charge on any atom is 0.183 e. The number of aliphatic hydroxyl groups is 1. The molecule has 2 unspecified atom stereocenters. The lowest BCUT2D eigenvalue weighted by Gasteiger charge is -2.47. The van der Waals surface area contributed by atoms with Crippen molar-refractivity contribution >= 4 is 17.3 Å². The quantitative estimate of drug-likeness (QED) is 0.410. The molecule has 1 aliphatic heterocycles. The molecule has 6 atom stereocenters. The third-order valence-electron chi connectivity index (χ3n) is 8.60. The first-order chi connectivity index (χ1) is 14.2. The van der Waals surface area contributed by atoms with Gasteiger partial charge in [0, 0.05) is 18.3 Å². The second-order valence-corrected chi connectivity index (χ2v) is 11.7. The van der Waals surface area contributed by atoms with Crippen LogP contribution in [0.3, 0.4) is 0 Å². The molecule has 0 aromatic rings. The molecule has 4 aliphatic rings. The van der Waals surface area contributed by atoms with Crippen molar-refractivity contribution in [3.8, 4) is 0 Å². The number of fused-ring (bicyclic) bond motifs is 3. The number of carbonyl (C=O) groups is 3. The van der Waals surface area contributed by atoms with E-state index in [-0.39, 0.29) is 41.3 Å². The molecule has 5 heteroatoms. The van der Waals surface area contributed by atoms with Gasteiger partial charge in [0.2, 0.25) is 0 Å². The first-order valence-electron chi connectivity index (χ1n) is 11.6. The molecule has 4 rings (SSSR count). The SMILES string of the molecule is CC(C)=CCC1(C)C(=O)C(C(=O)C(C)C)=C2O[C@]3(C)CC2(C[C@H]2[C@H]3CC[C@]2(C)O)C1=O. The molecule has 0 radical (unpaired) electrons. The van der Waals surface area contributed by atoms with Gasteiger partial charge in [0.15, 0.2) is 17.3 Å². The largest absolute Gasteiger partial charge is 0.490 e. The number of hydrogen-bond donors (Lipinski definition) is 1. The molecule has 3 aliphatic carbocycles. The third-order valence-corrected chi connectivity index (χ3v) is 8.60. The average Bonchev–Trinajstić information content (AvgIpc) is 3.11. The summed E-state index contributed by atoms with van der Waals surface area (Å²) in [5, 5.41) is 11.1. The number of allylic oxidation sites excluding steroid dienone is 4. The van der Waals surface area contributed by atoms with E-state index in [1.165, 1.54) is 0 Å². The van der Waals surface area contributed by atoms with E-state index in [1.54, 1.807) is 20.8 Å². The minimum Gasteiger partial charge on any atom is -0.490 e. The topological polar surface area (TPSA) is 80.7 Å². The molecule has 170 valence electrons. The summed E-state index contributed by atoms with van der Waals surface area (Å²) < 4.78 is 6.51. The molecule has 1 N–H and O–H groups in total. The molecule has 5 nitrogen and oxygen atoms in total. The van der Waals surface area contributed by atoms with Crippen LogP contribution in [0.25, 0.3) is 0 Å². The van der Waals surface area contributed by atoms with Crippen LogP contribution in [0.2, 0.25) is 0 Å². The highest BCUT2D eigenvalue weighted by Gasteiger charge is 2.73. The number of ether oxygens (including phenoxy) is 1. The Bertz CT molecular complexity index is 933. The van der Waals surface area contributed by atoms with E-state index in [0.717, 1.165) is 12.0 Å². The van der Waals surface area contributed by atoms with Crippen LogP contribution in [0, 0.1) is 28.6 Å². The predicted molar refractivity (Wildman–Crippen MR) is 117 cm³/mol. The Hall–Kier alpha value is -1.75. The normalized spacial score (nSPS) is 43.6. The highest BCUT2D eigenvalue weighted by atomic mass is 16.5. The summed E-state index contributed by atoms with van der Waals surface area (Å²) in [6.07, 6.45) is 4.62. The van der Waals surface area contributed by atoms with Crippen LogP contribution in [0.5, 0.6) is 0 Å². The Balaban J connectivity index is 1.96. The number of rotatable bonds is 4. The van der Waals surface area contributed by atoms with Crippen LogP contribution >= 0.6 is 0 Å². The minimum absolute atomic E-state index is 0.0935. The Kier molecular flexibility index (Phi) is 4.80. The predicted octanol–water partition coefficient (Wildman–Crippen LogP) is 4.33. The van der Waals surface area contributed by atoms with Gasteiger partial charge in [-0.15, -0.1) is 0 Å². The van der Waals surface area contributed by atoms with Crippen molar-refractivity contribution in [1.82, 2.24) is 0 Å². The van der Waals surface area contributed by atoms with Gasteiger partial charge in [-0.25, -0.2) is 0 Å². The van der Waals surface area contributed by atoms with E-state index in [9.17, 15) is 19.5 Å². The van der Waals surface area contributed by atoms with Crippen molar-refractivity contribution in [2.75, 3.05) is 0 Å². The van der Waals surface area contributed by atoms with Gasteiger partial charge in [-0.1, -0.05) is 25.5 Å². The molecule has 0 aromatic carbocycles. The Labute approximate surface area is 185 Å². The molecule has 0 amide bonds. The standard InChI is InChI=1S/C26H36O5/c1-14(2)8-10-23(5)20(28)18(19(27)15(3)4)21-26(22(23)29)12-17-16(9-11-24(17,6)30)25(7,13-26)31-21/h8,15-17,30H,9-13H2,1-7H3/t16-,17+,23?,24+,25-,26?/m1/s1. The van der Waals surface area contributed by atoms with Crippen molar-refractivity contribution < 1.29 is 24.2 Å². The highest BCUT2D eigenvalue weighted by molar-refractivity contribution is 6.31. The monoisotopic (exact) mass is 428 g/mol. The summed E-state index contributed by atoms with van der Waals surface area (Å²) in [4.78, 5) is 41.3. The summed E-state index contributed by atoms with van der Waals surface area (Å²) in [5.74, 6) is -0.835. The fraction of sp³-hybridized carbons (Fsp3) is 0.731. The smallest absolute Gasteiger partial charge is 0.183 e. The second kappa shape index (κ2) is 6.63. The summed E-state index contributed by atoms with van der Waals surface area (Å²) in [5.41, 5.74) is -2.71. The van der Waals surface area contributed by atoms with Gasteiger partial charge < -0.3 is 9.84 Å². The van der Waals surface area contributed by atoms with Gasteiger partial charge >= 0.3 is 0 Å². The summed E-state index contributed by atoms with van der Waals surface area (Å²) in [7, 11) is 0. The maximum atomic E-state index is 14.2. The van der Waals surface area contributed by atoms with Gasteiger partial charge in [-0.2, -0.15) is 0 Å². The van der Waals surface area contributed by atoms with E-state index in [0.29, 0.717) is 25.0 Å². The van der Waals surface area contributed by atoms with Gasteiger partial charge in [0.1, 0.15) is 16.9 Å². The molecule has 1 spiro atoms. The molecule has 0 aromatic heterocycles. The van der Waals surface area contributed by atoms with E-state index < -0.39 is 27.8 Å². The molecular formula is C26H36O5. The van der Waals surface area contributed by atoms with Crippen molar-refractivity contribution in [2.45, 2.75) is 91.8 Å². The van der Waals surface area contributed by atoms with Crippen LogP contribution in [0.4, 0.5) is 0 Å². The molecule has 1 heterocycles. The van der Waals surface area contributed by atoms with E-state index >= 15 is 0 Å². The molecule has 2 saturated carbocycles. The third kappa shape index (κ3) is 2.88. The van der Waals surface area contributed by atoms with Gasteiger partial charge in [-0.05, 0) is 66.2 Å². The Morgan fingerprint density at radius 3 is 2.42 bits per heavy atom. The van der Waals surface area contributed by atoms with Crippen LogP contribution in [-0.4, -0.2) is 33.7 Å². The highest BCUT2D eigenvalue weighted by Crippen LogP contribution is 2.69. The number of carbonyl (C=O) groups excluding carboxylic acids is 3. The maximum absolute atomic E-state index is 14.2. The zero-order chi connectivity index (χ0) is 23.1. The van der Waals surface area contributed by atoms with Crippen molar-refractivity contribution in [3.63, 3.8) is 0 Å². The summed E-state index contributed by atoms with van der Waals surface area (Å²) >= 11 is 0. The second-order valence-electron chi connectivity index (χ2n) is 11.7. The molecule has 2 bridgehead atoms. The van der Waals surface area contributed by atoms with Gasteiger partial charge in [0.25, 0.3) is 0 Å². The molecule has 1 saturated heterocycles. The van der Waals surface area contributed by atoms with Crippen LogP contribution in [0.15, 0.2) is 23.0 Å². The molecule has 3 fully saturated rings. The molecular weight excluding hydrogens is 392 g/mol. The lowest BCUT2D eigenvalue weighted by molar-refractivity contribution is -0.149. The van der Waals surface area contributed by atoms with Crippen LogP contribution < -0.4 is 0 Å². The average molecular weight is 429 g/mol. The van der Waals surface area contributed by atoms with Gasteiger partial charge in [0.05, 0.1) is 16.4 Å².